The number of hydrogen-bond acceptors (Lipinski definition) is 2. The highest BCUT2D eigenvalue weighted by atomic mass is 79.9. The number of aryl methyl sites for hydroxylation is 2. The van der Waals surface area contributed by atoms with Gasteiger partial charge in [0.05, 0.1) is 5.56 Å². The number of amides is 1. The maximum atomic E-state index is 12.0. The van der Waals surface area contributed by atoms with Crippen LogP contribution in [-0.2, 0) is 0 Å². The van der Waals surface area contributed by atoms with Crippen LogP contribution in [0.1, 0.15) is 42.6 Å². The standard InChI is InChI=1S/C12H18BrNO2/c1-7-6-10(8(2)16-7)11(15)14-12(4,5)9(3)13/h6,9H,1-5H3,(H,14,15). The summed E-state index contributed by atoms with van der Waals surface area (Å²) >= 11 is 3.48. The number of halogens is 1. The van der Waals surface area contributed by atoms with Crippen LogP contribution < -0.4 is 5.32 Å². The lowest BCUT2D eigenvalue weighted by atomic mass is 10.0. The summed E-state index contributed by atoms with van der Waals surface area (Å²) in [7, 11) is 0. The summed E-state index contributed by atoms with van der Waals surface area (Å²) in [4.78, 5) is 12.2. The highest BCUT2D eigenvalue weighted by Crippen LogP contribution is 2.19. The first-order valence-corrected chi connectivity index (χ1v) is 6.19. The molecule has 0 fully saturated rings. The van der Waals surface area contributed by atoms with Gasteiger partial charge in [-0.3, -0.25) is 4.79 Å². The van der Waals surface area contributed by atoms with Gasteiger partial charge < -0.3 is 9.73 Å². The molecule has 0 bridgehead atoms. The molecule has 90 valence electrons. The van der Waals surface area contributed by atoms with E-state index in [1.807, 2.05) is 27.7 Å². The third-order valence-corrected chi connectivity index (χ3v) is 3.86. The van der Waals surface area contributed by atoms with E-state index in [0.717, 1.165) is 5.76 Å². The smallest absolute Gasteiger partial charge is 0.255 e. The molecule has 1 rings (SSSR count). The first-order valence-electron chi connectivity index (χ1n) is 5.27. The Hall–Kier alpha value is -0.770. The van der Waals surface area contributed by atoms with Gasteiger partial charge in [0.2, 0.25) is 0 Å². The van der Waals surface area contributed by atoms with E-state index in [-0.39, 0.29) is 16.3 Å². The minimum Gasteiger partial charge on any atom is -0.466 e. The highest BCUT2D eigenvalue weighted by molar-refractivity contribution is 9.09. The second-order valence-electron chi connectivity index (χ2n) is 4.62. The number of alkyl halides is 1. The van der Waals surface area contributed by atoms with Crippen LogP contribution in [0.3, 0.4) is 0 Å². The van der Waals surface area contributed by atoms with Crippen LogP contribution in [0.5, 0.6) is 0 Å². The Bertz CT molecular complexity index is 394. The van der Waals surface area contributed by atoms with Crippen molar-refractivity contribution in [1.82, 2.24) is 5.32 Å². The molecule has 0 aliphatic rings. The van der Waals surface area contributed by atoms with Crippen LogP contribution in [0.25, 0.3) is 0 Å². The quantitative estimate of drug-likeness (QED) is 0.868. The summed E-state index contributed by atoms with van der Waals surface area (Å²) in [5, 5.41) is 2.98. The Balaban J connectivity index is 2.85. The number of carbonyl (C=O) groups excluding carboxylic acids is 1. The molecule has 0 saturated heterocycles. The normalized spacial score (nSPS) is 13.6. The third kappa shape index (κ3) is 2.88. The largest absolute Gasteiger partial charge is 0.466 e. The fourth-order valence-electron chi connectivity index (χ4n) is 1.32. The summed E-state index contributed by atoms with van der Waals surface area (Å²) in [6.07, 6.45) is 0. The van der Waals surface area contributed by atoms with Gasteiger partial charge in [0, 0.05) is 10.4 Å². The van der Waals surface area contributed by atoms with E-state index in [0.29, 0.717) is 11.3 Å². The Morgan fingerprint density at radius 1 is 1.50 bits per heavy atom. The predicted molar refractivity (Wildman–Crippen MR) is 68.1 cm³/mol. The van der Waals surface area contributed by atoms with Gasteiger partial charge in [-0.05, 0) is 33.8 Å². The molecule has 0 aliphatic carbocycles. The van der Waals surface area contributed by atoms with Crippen molar-refractivity contribution in [3.05, 3.63) is 23.2 Å². The van der Waals surface area contributed by atoms with Gasteiger partial charge in [0.25, 0.3) is 5.91 Å². The summed E-state index contributed by atoms with van der Waals surface area (Å²) in [6, 6.07) is 1.76. The van der Waals surface area contributed by atoms with Gasteiger partial charge in [-0.1, -0.05) is 22.9 Å². The fourth-order valence-corrected chi connectivity index (χ4v) is 1.43. The lowest BCUT2D eigenvalue weighted by Crippen LogP contribution is -2.48. The lowest BCUT2D eigenvalue weighted by molar-refractivity contribution is 0.0912. The molecule has 1 aromatic rings. The molecule has 16 heavy (non-hydrogen) atoms. The van der Waals surface area contributed by atoms with Crippen molar-refractivity contribution in [1.29, 1.82) is 0 Å². The van der Waals surface area contributed by atoms with E-state index in [1.165, 1.54) is 0 Å². The molecule has 1 amide bonds. The summed E-state index contributed by atoms with van der Waals surface area (Å²) in [6.45, 7) is 9.60. The molecule has 0 aromatic carbocycles. The van der Waals surface area contributed by atoms with Crippen molar-refractivity contribution in [2.45, 2.75) is 45.0 Å². The monoisotopic (exact) mass is 287 g/mol. The van der Waals surface area contributed by atoms with Crippen LogP contribution >= 0.6 is 15.9 Å². The number of furan rings is 1. The van der Waals surface area contributed by atoms with Gasteiger partial charge in [-0.25, -0.2) is 0 Å². The van der Waals surface area contributed by atoms with Gasteiger partial charge >= 0.3 is 0 Å². The summed E-state index contributed by atoms with van der Waals surface area (Å²) in [5.41, 5.74) is 0.313. The molecular weight excluding hydrogens is 270 g/mol. The third-order valence-electron chi connectivity index (χ3n) is 2.72. The summed E-state index contributed by atoms with van der Waals surface area (Å²) in [5.74, 6) is 1.33. The highest BCUT2D eigenvalue weighted by Gasteiger charge is 2.27. The van der Waals surface area contributed by atoms with Crippen LogP contribution in [0.15, 0.2) is 10.5 Å². The van der Waals surface area contributed by atoms with E-state index in [9.17, 15) is 4.79 Å². The van der Waals surface area contributed by atoms with Gasteiger partial charge in [-0.2, -0.15) is 0 Å². The number of nitrogens with one attached hydrogen (secondary N) is 1. The average molecular weight is 288 g/mol. The van der Waals surface area contributed by atoms with E-state index >= 15 is 0 Å². The maximum absolute atomic E-state index is 12.0. The molecule has 1 heterocycles. The number of hydrogen-bond donors (Lipinski definition) is 1. The van der Waals surface area contributed by atoms with E-state index in [4.69, 9.17) is 4.42 Å². The Morgan fingerprint density at radius 2 is 2.06 bits per heavy atom. The molecule has 1 unspecified atom stereocenters. The van der Waals surface area contributed by atoms with Crippen LogP contribution in [0.4, 0.5) is 0 Å². The summed E-state index contributed by atoms with van der Waals surface area (Å²) < 4.78 is 5.34. The number of rotatable bonds is 3. The van der Waals surface area contributed by atoms with Crippen LogP contribution in [0, 0.1) is 13.8 Å². The minimum absolute atomic E-state index is 0.0920. The SMILES string of the molecule is Cc1cc(C(=O)NC(C)(C)C(C)Br)c(C)o1. The Labute approximate surface area is 105 Å². The molecular formula is C12H18BrNO2. The topological polar surface area (TPSA) is 42.2 Å². The van der Waals surface area contributed by atoms with Crippen molar-refractivity contribution < 1.29 is 9.21 Å². The molecule has 0 saturated carbocycles. The van der Waals surface area contributed by atoms with Crippen LogP contribution in [-0.4, -0.2) is 16.3 Å². The molecule has 0 spiro atoms. The van der Waals surface area contributed by atoms with E-state index < -0.39 is 0 Å². The number of carbonyl (C=O) groups is 1. The molecule has 4 heteroatoms. The second kappa shape index (κ2) is 4.62. The maximum Gasteiger partial charge on any atom is 0.255 e. The first-order chi connectivity index (χ1) is 7.24. The van der Waals surface area contributed by atoms with E-state index in [1.54, 1.807) is 13.0 Å². The van der Waals surface area contributed by atoms with Crippen molar-refractivity contribution in [3.8, 4) is 0 Å². The molecule has 3 nitrogen and oxygen atoms in total. The van der Waals surface area contributed by atoms with Gasteiger partial charge in [0.1, 0.15) is 11.5 Å². The second-order valence-corrected chi connectivity index (χ2v) is 5.99. The van der Waals surface area contributed by atoms with E-state index in [2.05, 4.69) is 21.2 Å². The molecule has 0 radical (unpaired) electrons. The van der Waals surface area contributed by atoms with Crippen LogP contribution in [0.2, 0.25) is 0 Å². The van der Waals surface area contributed by atoms with Crippen molar-refractivity contribution in [2.24, 2.45) is 0 Å². The zero-order valence-electron chi connectivity index (χ0n) is 10.3. The average Bonchev–Trinajstić information content (AvgIpc) is 2.44. The van der Waals surface area contributed by atoms with Gasteiger partial charge in [0.15, 0.2) is 0 Å². The molecule has 1 aromatic heterocycles. The molecule has 1 N–H and O–H groups in total. The predicted octanol–water partition coefficient (Wildman–Crippen LogP) is 3.19. The van der Waals surface area contributed by atoms with Crippen molar-refractivity contribution in [3.63, 3.8) is 0 Å². The Kier molecular flexibility index (Phi) is 3.84. The van der Waals surface area contributed by atoms with Crippen molar-refractivity contribution in [2.75, 3.05) is 0 Å². The Morgan fingerprint density at radius 3 is 2.44 bits per heavy atom. The molecule has 0 aliphatic heterocycles. The fraction of sp³-hybridized carbons (Fsp3) is 0.583. The first kappa shape index (κ1) is 13.3. The lowest BCUT2D eigenvalue weighted by Gasteiger charge is -2.29. The molecule has 1 atom stereocenters. The van der Waals surface area contributed by atoms with Gasteiger partial charge in [-0.15, -0.1) is 0 Å². The van der Waals surface area contributed by atoms with Crippen molar-refractivity contribution >= 4 is 21.8 Å². The zero-order chi connectivity index (χ0) is 12.5. The minimum atomic E-state index is -0.297. The zero-order valence-corrected chi connectivity index (χ0v) is 11.9.